The Balaban J connectivity index is 1.79. The van der Waals surface area contributed by atoms with E-state index >= 15 is 0 Å². The molecule has 41 heavy (non-hydrogen) atoms. The molecule has 220 valence electrons. The van der Waals surface area contributed by atoms with Gasteiger partial charge in [0, 0.05) is 43.9 Å². The van der Waals surface area contributed by atoms with Gasteiger partial charge in [0.1, 0.15) is 11.6 Å². The topological polar surface area (TPSA) is 81.7 Å². The summed E-state index contributed by atoms with van der Waals surface area (Å²) in [6.45, 7) is 9.13. The maximum atomic E-state index is 13.9. The lowest BCUT2D eigenvalue weighted by molar-refractivity contribution is 0.0779. The number of carbonyl (C=O) groups is 2. The van der Waals surface area contributed by atoms with Crippen LogP contribution < -0.4 is 10.6 Å². The maximum absolute atomic E-state index is 13.9. The quantitative estimate of drug-likeness (QED) is 0.271. The molecule has 8 heteroatoms. The summed E-state index contributed by atoms with van der Waals surface area (Å²) in [5.74, 6) is -1.87. The molecule has 0 radical (unpaired) electrons. The molecule has 0 aliphatic rings. The van der Waals surface area contributed by atoms with Gasteiger partial charge in [0.25, 0.3) is 11.8 Å². The third-order valence-corrected chi connectivity index (χ3v) is 6.81. The third kappa shape index (κ3) is 9.76. The van der Waals surface area contributed by atoms with Crippen LogP contribution in [-0.4, -0.2) is 54.1 Å². The van der Waals surface area contributed by atoms with E-state index in [0.29, 0.717) is 24.2 Å². The number of rotatable bonds is 13. The summed E-state index contributed by atoms with van der Waals surface area (Å²) >= 11 is 0. The average molecular weight is 566 g/mol. The number of hydrogen-bond acceptors (Lipinski definition) is 4. The van der Waals surface area contributed by atoms with Gasteiger partial charge in [0.15, 0.2) is 0 Å². The van der Waals surface area contributed by atoms with Crippen LogP contribution in [0.25, 0.3) is 0 Å². The Labute approximate surface area is 241 Å². The zero-order valence-electron chi connectivity index (χ0n) is 24.5. The van der Waals surface area contributed by atoms with Crippen molar-refractivity contribution in [3.63, 3.8) is 0 Å². The molecule has 0 spiro atoms. The van der Waals surface area contributed by atoms with Crippen LogP contribution in [0.4, 0.5) is 8.78 Å². The fourth-order valence-corrected chi connectivity index (χ4v) is 4.87. The second-order valence-electron chi connectivity index (χ2n) is 11.1. The summed E-state index contributed by atoms with van der Waals surface area (Å²) in [7, 11) is 1.72. The lowest BCUT2D eigenvalue weighted by atomic mass is 9.99. The lowest BCUT2D eigenvalue weighted by Crippen LogP contribution is -2.48. The van der Waals surface area contributed by atoms with Crippen molar-refractivity contribution in [2.45, 2.75) is 59.2 Å². The van der Waals surface area contributed by atoms with Crippen LogP contribution in [0.3, 0.4) is 0 Å². The number of aliphatic hydroxyl groups excluding tert-OH is 1. The summed E-state index contributed by atoms with van der Waals surface area (Å²) in [6, 6.07) is 15.3. The maximum Gasteiger partial charge on any atom is 0.253 e. The Bertz CT molecular complexity index is 1320. The van der Waals surface area contributed by atoms with E-state index in [4.69, 9.17) is 0 Å². The summed E-state index contributed by atoms with van der Waals surface area (Å²) in [5.41, 5.74) is 3.95. The first-order chi connectivity index (χ1) is 19.4. The monoisotopic (exact) mass is 565 g/mol. The highest BCUT2D eigenvalue weighted by molar-refractivity contribution is 6.00. The van der Waals surface area contributed by atoms with Crippen LogP contribution in [0, 0.1) is 24.5 Å². The zero-order valence-corrected chi connectivity index (χ0v) is 24.5. The van der Waals surface area contributed by atoms with Crippen LogP contribution in [0.1, 0.15) is 63.7 Å². The van der Waals surface area contributed by atoms with E-state index in [9.17, 15) is 23.5 Å². The first-order valence-electron chi connectivity index (χ1n) is 14.0. The second kappa shape index (κ2) is 14.8. The molecule has 2 amide bonds. The molecular weight excluding hydrogens is 524 g/mol. The highest BCUT2D eigenvalue weighted by atomic mass is 19.1. The number of amides is 2. The standard InChI is InChI=1S/C33H41F2N3O3/c1-6-23-8-7-9-24(12-23)18-36-19-31(39)30(15-25-13-28(34)17-29(35)14-25)37-32(40)26-10-22(4)11-27(16-26)33(41)38(5)20-21(2)3/h7-14,16-17,21,30-31,36,39H,6,15,18-20H2,1-5H3,(H,37,40)/t30-,31+/m0/s1. The van der Waals surface area contributed by atoms with Gasteiger partial charge in [-0.25, -0.2) is 8.78 Å². The number of nitrogens with zero attached hydrogens (tertiary/aromatic N) is 1. The highest BCUT2D eigenvalue weighted by Gasteiger charge is 2.24. The molecule has 0 saturated heterocycles. The van der Waals surface area contributed by atoms with Crippen molar-refractivity contribution >= 4 is 11.8 Å². The van der Waals surface area contributed by atoms with Gasteiger partial charge < -0.3 is 20.6 Å². The van der Waals surface area contributed by atoms with Crippen molar-refractivity contribution in [1.29, 1.82) is 0 Å². The number of benzene rings is 3. The van der Waals surface area contributed by atoms with Gasteiger partial charge in [-0.2, -0.15) is 0 Å². The summed E-state index contributed by atoms with van der Waals surface area (Å²) in [4.78, 5) is 28.0. The minimum Gasteiger partial charge on any atom is -0.390 e. The number of aryl methyl sites for hydroxylation is 2. The predicted molar refractivity (Wildman–Crippen MR) is 158 cm³/mol. The van der Waals surface area contributed by atoms with Crippen LogP contribution >= 0.6 is 0 Å². The molecule has 3 aromatic rings. The Kier molecular flexibility index (Phi) is 11.6. The minimum atomic E-state index is -1.07. The van der Waals surface area contributed by atoms with Crippen LogP contribution in [-0.2, 0) is 19.4 Å². The largest absolute Gasteiger partial charge is 0.390 e. The number of nitrogens with one attached hydrogen (secondary N) is 2. The zero-order chi connectivity index (χ0) is 30.1. The first-order valence-corrected chi connectivity index (χ1v) is 14.0. The number of halogens is 2. The van der Waals surface area contributed by atoms with Crippen molar-refractivity contribution in [2.24, 2.45) is 5.92 Å². The van der Waals surface area contributed by atoms with Gasteiger partial charge in [0.05, 0.1) is 12.1 Å². The van der Waals surface area contributed by atoms with Crippen LogP contribution in [0.2, 0.25) is 0 Å². The molecular formula is C33H41F2N3O3. The summed E-state index contributed by atoms with van der Waals surface area (Å²) < 4.78 is 27.9. The average Bonchev–Trinajstić information content (AvgIpc) is 2.91. The number of hydrogen-bond donors (Lipinski definition) is 3. The van der Waals surface area contributed by atoms with Crippen molar-refractivity contribution in [2.75, 3.05) is 20.1 Å². The lowest BCUT2D eigenvalue weighted by Gasteiger charge is -2.25. The second-order valence-corrected chi connectivity index (χ2v) is 11.1. The van der Waals surface area contributed by atoms with Gasteiger partial charge in [-0.05, 0) is 78.3 Å². The van der Waals surface area contributed by atoms with Gasteiger partial charge >= 0.3 is 0 Å². The van der Waals surface area contributed by atoms with Gasteiger partial charge in [-0.1, -0.05) is 45.0 Å². The smallest absolute Gasteiger partial charge is 0.253 e. The van der Waals surface area contributed by atoms with E-state index in [2.05, 4.69) is 29.7 Å². The molecule has 3 aromatic carbocycles. The van der Waals surface area contributed by atoms with Gasteiger partial charge in [-0.3, -0.25) is 9.59 Å². The van der Waals surface area contributed by atoms with Gasteiger partial charge in [-0.15, -0.1) is 0 Å². The highest BCUT2D eigenvalue weighted by Crippen LogP contribution is 2.16. The Morgan fingerprint density at radius 1 is 0.927 bits per heavy atom. The predicted octanol–water partition coefficient (Wildman–Crippen LogP) is 5.06. The third-order valence-electron chi connectivity index (χ3n) is 6.81. The van der Waals surface area contributed by atoms with Crippen LogP contribution in [0.15, 0.2) is 60.7 Å². The molecule has 0 bridgehead atoms. The molecule has 0 saturated carbocycles. The fraction of sp³-hybridized carbons (Fsp3) is 0.394. The van der Waals surface area contributed by atoms with E-state index < -0.39 is 29.7 Å². The van der Waals surface area contributed by atoms with Crippen LogP contribution in [0.5, 0.6) is 0 Å². The molecule has 0 aliphatic heterocycles. The van der Waals surface area contributed by atoms with E-state index in [-0.39, 0.29) is 30.4 Å². The van der Waals surface area contributed by atoms with Gasteiger partial charge in [0.2, 0.25) is 0 Å². The van der Waals surface area contributed by atoms with E-state index in [1.54, 1.807) is 31.0 Å². The number of aliphatic hydroxyl groups is 1. The molecule has 3 rings (SSSR count). The Hall–Kier alpha value is -3.62. The molecule has 0 heterocycles. The number of carbonyl (C=O) groups excluding carboxylic acids is 2. The van der Waals surface area contributed by atoms with Crippen molar-refractivity contribution in [3.8, 4) is 0 Å². The molecule has 6 nitrogen and oxygen atoms in total. The normalized spacial score (nSPS) is 12.7. The minimum absolute atomic E-state index is 0.00329. The molecule has 0 aromatic heterocycles. The Morgan fingerprint density at radius 3 is 2.24 bits per heavy atom. The molecule has 3 N–H and O–H groups in total. The van der Waals surface area contributed by atoms with E-state index in [1.807, 2.05) is 26.0 Å². The Morgan fingerprint density at radius 2 is 1.59 bits per heavy atom. The molecule has 0 unspecified atom stereocenters. The summed E-state index contributed by atoms with van der Waals surface area (Å²) in [6.07, 6.45) is -0.152. The van der Waals surface area contributed by atoms with Crippen molar-refractivity contribution in [3.05, 3.63) is 106 Å². The SMILES string of the molecule is CCc1cccc(CNC[C@@H](O)[C@H](Cc2cc(F)cc(F)c2)NC(=O)c2cc(C)cc(C(=O)N(C)CC(C)C)c2)c1. The first kappa shape index (κ1) is 31.9. The fourth-order valence-electron chi connectivity index (χ4n) is 4.87. The van der Waals surface area contributed by atoms with E-state index in [1.165, 1.54) is 23.8 Å². The van der Waals surface area contributed by atoms with E-state index in [0.717, 1.165) is 23.6 Å². The molecule has 0 fully saturated rings. The van der Waals surface area contributed by atoms with Crippen molar-refractivity contribution < 1.29 is 23.5 Å². The molecule has 0 aliphatic carbocycles. The summed E-state index contributed by atoms with van der Waals surface area (Å²) in [5, 5.41) is 17.2. The van der Waals surface area contributed by atoms with Crippen molar-refractivity contribution in [1.82, 2.24) is 15.5 Å². The molecule has 2 atom stereocenters.